The number of rotatable bonds is 5. The number of imidazole rings is 1. The van der Waals surface area contributed by atoms with Crippen molar-refractivity contribution in [3.05, 3.63) is 46.9 Å². The SMILES string of the molecule is Cc1c(C(=O)NCCCO)sc2nc(-c3ccc(F)cc3)cn12. The van der Waals surface area contributed by atoms with Crippen molar-refractivity contribution in [3.8, 4) is 11.3 Å². The highest BCUT2D eigenvalue weighted by atomic mass is 32.1. The third-order valence-corrected chi connectivity index (χ3v) is 4.68. The molecule has 0 radical (unpaired) electrons. The third kappa shape index (κ3) is 3.11. The second-order valence-electron chi connectivity index (χ2n) is 5.14. The maximum atomic E-state index is 13.0. The molecule has 0 aliphatic rings. The standard InChI is InChI=1S/C16H16FN3O2S/c1-10-14(15(22)18-7-2-8-21)23-16-19-13(9-20(10)16)11-3-5-12(17)6-4-11/h3-6,9,21H,2,7-8H2,1H3,(H,18,22). The number of hydrogen-bond donors (Lipinski definition) is 2. The molecule has 23 heavy (non-hydrogen) atoms. The molecule has 120 valence electrons. The molecule has 0 unspecified atom stereocenters. The summed E-state index contributed by atoms with van der Waals surface area (Å²) in [4.78, 5) is 18.0. The number of fused-ring (bicyclic) bond motifs is 1. The van der Waals surface area contributed by atoms with Gasteiger partial charge in [-0.25, -0.2) is 9.37 Å². The number of aromatic nitrogens is 2. The van der Waals surface area contributed by atoms with Gasteiger partial charge in [-0.05, 0) is 37.6 Å². The maximum absolute atomic E-state index is 13.0. The summed E-state index contributed by atoms with van der Waals surface area (Å²) in [6.07, 6.45) is 2.38. The van der Waals surface area contributed by atoms with E-state index in [1.807, 2.05) is 17.5 Å². The van der Waals surface area contributed by atoms with Gasteiger partial charge < -0.3 is 10.4 Å². The lowest BCUT2D eigenvalue weighted by atomic mass is 10.2. The first-order chi connectivity index (χ1) is 11.1. The Balaban J connectivity index is 1.88. The molecule has 5 nitrogen and oxygen atoms in total. The number of amides is 1. The van der Waals surface area contributed by atoms with Crippen LogP contribution in [0.1, 0.15) is 21.8 Å². The van der Waals surface area contributed by atoms with Gasteiger partial charge in [0.15, 0.2) is 4.96 Å². The van der Waals surface area contributed by atoms with E-state index in [-0.39, 0.29) is 18.3 Å². The average Bonchev–Trinajstić information content (AvgIpc) is 3.08. The third-order valence-electron chi connectivity index (χ3n) is 3.52. The molecule has 0 spiro atoms. The fourth-order valence-corrected chi connectivity index (χ4v) is 3.31. The van der Waals surface area contributed by atoms with Gasteiger partial charge in [0.25, 0.3) is 5.91 Å². The lowest BCUT2D eigenvalue weighted by Crippen LogP contribution is -2.24. The van der Waals surface area contributed by atoms with E-state index in [4.69, 9.17) is 5.11 Å². The molecule has 3 rings (SSSR count). The highest BCUT2D eigenvalue weighted by Crippen LogP contribution is 2.27. The van der Waals surface area contributed by atoms with Crippen LogP contribution in [0.3, 0.4) is 0 Å². The van der Waals surface area contributed by atoms with E-state index in [0.29, 0.717) is 22.8 Å². The highest BCUT2D eigenvalue weighted by Gasteiger charge is 2.17. The van der Waals surface area contributed by atoms with Gasteiger partial charge in [0.1, 0.15) is 10.7 Å². The van der Waals surface area contributed by atoms with Crippen molar-refractivity contribution in [1.82, 2.24) is 14.7 Å². The van der Waals surface area contributed by atoms with E-state index in [2.05, 4.69) is 10.3 Å². The average molecular weight is 333 g/mol. The molecule has 2 heterocycles. The van der Waals surface area contributed by atoms with E-state index in [1.165, 1.54) is 23.5 Å². The lowest BCUT2D eigenvalue weighted by molar-refractivity contribution is 0.0954. The molecule has 2 N–H and O–H groups in total. The monoisotopic (exact) mass is 333 g/mol. The molecule has 1 aromatic carbocycles. The minimum Gasteiger partial charge on any atom is -0.396 e. The minimum absolute atomic E-state index is 0.0497. The maximum Gasteiger partial charge on any atom is 0.263 e. The largest absolute Gasteiger partial charge is 0.396 e. The zero-order valence-corrected chi connectivity index (χ0v) is 13.4. The topological polar surface area (TPSA) is 66.6 Å². The molecular formula is C16H16FN3O2S. The quantitative estimate of drug-likeness (QED) is 0.705. The van der Waals surface area contributed by atoms with Crippen molar-refractivity contribution in [2.45, 2.75) is 13.3 Å². The van der Waals surface area contributed by atoms with Gasteiger partial charge in [-0.2, -0.15) is 0 Å². The zero-order chi connectivity index (χ0) is 16.4. The normalized spacial score (nSPS) is 11.1. The van der Waals surface area contributed by atoms with Crippen LogP contribution in [0.4, 0.5) is 4.39 Å². The molecule has 0 bridgehead atoms. The Bertz CT molecular complexity index is 839. The highest BCUT2D eigenvalue weighted by molar-refractivity contribution is 7.19. The molecule has 0 saturated heterocycles. The number of aliphatic hydroxyl groups excluding tert-OH is 1. The van der Waals surface area contributed by atoms with E-state index in [0.717, 1.165) is 17.0 Å². The van der Waals surface area contributed by atoms with E-state index >= 15 is 0 Å². The van der Waals surface area contributed by atoms with Crippen molar-refractivity contribution >= 4 is 22.2 Å². The number of carbonyl (C=O) groups excluding carboxylic acids is 1. The fourth-order valence-electron chi connectivity index (χ4n) is 2.28. The first-order valence-corrected chi connectivity index (χ1v) is 8.05. The molecule has 0 aliphatic carbocycles. The Hall–Kier alpha value is -2.25. The Morgan fingerprint density at radius 2 is 2.13 bits per heavy atom. The Kier molecular flexibility index (Phi) is 4.40. The van der Waals surface area contributed by atoms with Crippen LogP contribution in [-0.2, 0) is 0 Å². The van der Waals surface area contributed by atoms with Gasteiger partial charge in [-0.1, -0.05) is 11.3 Å². The van der Waals surface area contributed by atoms with Crippen LogP contribution < -0.4 is 5.32 Å². The van der Waals surface area contributed by atoms with Crippen LogP contribution in [0.2, 0.25) is 0 Å². The number of nitrogens with zero attached hydrogens (tertiary/aromatic N) is 2. The van der Waals surface area contributed by atoms with Crippen LogP contribution in [0.5, 0.6) is 0 Å². The van der Waals surface area contributed by atoms with Crippen LogP contribution in [0.25, 0.3) is 16.2 Å². The second-order valence-corrected chi connectivity index (χ2v) is 6.11. The van der Waals surface area contributed by atoms with Gasteiger partial charge in [-0.3, -0.25) is 9.20 Å². The van der Waals surface area contributed by atoms with E-state index < -0.39 is 0 Å². The number of aliphatic hydroxyl groups is 1. The van der Waals surface area contributed by atoms with Crippen LogP contribution >= 0.6 is 11.3 Å². The Morgan fingerprint density at radius 3 is 2.78 bits per heavy atom. The lowest BCUT2D eigenvalue weighted by Gasteiger charge is -2.02. The molecule has 0 fully saturated rings. The van der Waals surface area contributed by atoms with E-state index in [1.54, 1.807) is 12.1 Å². The molecular weight excluding hydrogens is 317 g/mol. The molecule has 7 heteroatoms. The van der Waals surface area contributed by atoms with Crippen LogP contribution in [0.15, 0.2) is 30.5 Å². The number of halogens is 1. The van der Waals surface area contributed by atoms with Crippen molar-refractivity contribution < 1.29 is 14.3 Å². The van der Waals surface area contributed by atoms with Crippen LogP contribution in [0, 0.1) is 12.7 Å². The smallest absolute Gasteiger partial charge is 0.263 e. The number of carbonyl (C=O) groups is 1. The Labute approximate surface area is 136 Å². The van der Waals surface area contributed by atoms with Crippen molar-refractivity contribution in [2.24, 2.45) is 0 Å². The van der Waals surface area contributed by atoms with Crippen molar-refractivity contribution in [2.75, 3.05) is 13.2 Å². The summed E-state index contributed by atoms with van der Waals surface area (Å²) in [6.45, 7) is 2.35. The molecule has 1 amide bonds. The molecule has 3 aromatic rings. The molecule has 0 saturated carbocycles. The first-order valence-electron chi connectivity index (χ1n) is 7.23. The summed E-state index contributed by atoms with van der Waals surface area (Å²) >= 11 is 1.31. The molecule has 2 aromatic heterocycles. The fraction of sp³-hybridized carbons (Fsp3) is 0.250. The van der Waals surface area contributed by atoms with Gasteiger partial charge in [0.2, 0.25) is 0 Å². The number of hydrogen-bond acceptors (Lipinski definition) is 4. The first kappa shape index (κ1) is 15.6. The Morgan fingerprint density at radius 1 is 1.39 bits per heavy atom. The summed E-state index contributed by atoms with van der Waals surface area (Å²) in [5.74, 6) is -0.442. The van der Waals surface area contributed by atoms with Crippen molar-refractivity contribution in [3.63, 3.8) is 0 Å². The number of benzene rings is 1. The summed E-state index contributed by atoms with van der Waals surface area (Å²) < 4.78 is 14.9. The van der Waals surface area contributed by atoms with E-state index in [9.17, 15) is 9.18 Å². The van der Waals surface area contributed by atoms with Gasteiger partial charge >= 0.3 is 0 Å². The molecule has 0 aliphatic heterocycles. The number of aryl methyl sites for hydroxylation is 1. The summed E-state index contributed by atoms with van der Waals surface area (Å²) in [6, 6.07) is 6.16. The van der Waals surface area contributed by atoms with Gasteiger partial charge in [0.05, 0.1) is 5.69 Å². The van der Waals surface area contributed by atoms with Gasteiger partial charge in [0, 0.05) is 30.6 Å². The summed E-state index contributed by atoms with van der Waals surface area (Å²) in [7, 11) is 0. The van der Waals surface area contributed by atoms with Crippen molar-refractivity contribution in [1.29, 1.82) is 0 Å². The number of nitrogens with one attached hydrogen (secondary N) is 1. The number of thiazole rings is 1. The zero-order valence-electron chi connectivity index (χ0n) is 12.5. The van der Waals surface area contributed by atoms with Gasteiger partial charge in [-0.15, -0.1) is 0 Å². The summed E-state index contributed by atoms with van der Waals surface area (Å²) in [5.41, 5.74) is 2.38. The minimum atomic E-state index is -0.284. The summed E-state index contributed by atoms with van der Waals surface area (Å²) in [5, 5.41) is 11.5. The van der Waals surface area contributed by atoms with Crippen LogP contribution in [-0.4, -0.2) is 33.6 Å². The predicted molar refractivity (Wildman–Crippen MR) is 87.2 cm³/mol. The molecule has 0 atom stereocenters. The second kappa shape index (κ2) is 6.47. The predicted octanol–water partition coefficient (Wildman–Crippen LogP) is 2.62.